The SMILES string of the molecule is O=C(Nc1nc(-c2cc(F)ccc2F)cs1)c1cc(Br)ccc1Cl. The van der Waals surface area contributed by atoms with Gasteiger partial charge in [0.2, 0.25) is 0 Å². The fraction of sp³-hybridized carbons (Fsp3) is 0. The van der Waals surface area contributed by atoms with Gasteiger partial charge in [0.25, 0.3) is 5.91 Å². The molecule has 1 N–H and O–H groups in total. The van der Waals surface area contributed by atoms with E-state index in [1.807, 2.05) is 0 Å². The number of nitrogens with zero attached hydrogens (tertiary/aromatic N) is 1. The molecule has 0 fully saturated rings. The lowest BCUT2D eigenvalue weighted by Crippen LogP contribution is -2.12. The van der Waals surface area contributed by atoms with E-state index in [4.69, 9.17) is 11.6 Å². The molecular weight excluding hydrogens is 422 g/mol. The number of thiazole rings is 1. The molecule has 1 heterocycles. The minimum atomic E-state index is -0.588. The Labute approximate surface area is 153 Å². The van der Waals surface area contributed by atoms with Gasteiger partial charge in [0, 0.05) is 15.4 Å². The van der Waals surface area contributed by atoms with Crippen LogP contribution in [0.3, 0.4) is 0 Å². The fourth-order valence-corrected chi connectivity index (χ4v) is 3.25. The van der Waals surface area contributed by atoms with Gasteiger partial charge in [-0.3, -0.25) is 10.1 Å². The number of rotatable bonds is 3. The van der Waals surface area contributed by atoms with Crippen molar-refractivity contribution >= 4 is 49.9 Å². The van der Waals surface area contributed by atoms with E-state index in [1.54, 1.807) is 18.2 Å². The van der Waals surface area contributed by atoms with Gasteiger partial charge in [-0.05, 0) is 36.4 Å². The quantitative estimate of drug-likeness (QED) is 0.575. The molecule has 0 unspecified atom stereocenters. The summed E-state index contributed by atoms with van der Waals surface area (Å²) in [6.45, 7) is 0. The number of aromatic nitrogens is 1. The molecule has 0 radical (unpaired) electrons. The maximum Gasteiger partial charge on any atom is 0.258 e. The number of hydrogen-bond donors (Lipinski definition) is 1. The highest BCUT2D eigenvalue weighted by atomic mass is 79.9. The highest BCUT2D eigenvalue weighted by Crippen LogP contribution is 2.28. The molecule has 122 valence electrons. The Morgan fingerprint density at radius 3 is 2.79 bits per heavy atom. The molecule has 2 aromatic carbocycles. The first-order chi connectivity index (χ1) is 11.4. The van der Waals surface area contributed by atoms with Crippen LogP contribution in [0.25, 0.3) is 11.3 Å². The van der Waals surface area contributed by atoms with Crippen LogP contribution in [0.1, 0.15) is 10.4 Å². The van der Waals surface area contributed by atoms with E-state index in [2.05, 4.69) is 26.2 Å². The highest BCUT2D eigenvalue weighted by molar-refractivity contribution is 9.10. The third-order valence-corrected chi connectivity index (χ3v) is 4.68. The number of hydrogen-bond acceptors (Lipinski definition) is 3. The second kappa shape index (κ2) is 6.96. The van der Waals surface area contributed by atoms with E-state index in [1.165, 1.54) is 5.38 Å². The second-order valence-corrected chi connectivity index (χ2v) is 6.92. The van der Waals surface area contributed by atoms with Crippen LogP contribution in [-0.2, 0) is 0 Å². The molecule has 3 aromatic rings. The molecule has 0 spiro atoms. The Bertz CT molecular complexity index is 932. The van der Waals surface area contributed by atoms with Crippen molar-refractivity contribution in [2.75, 3.05) is 5.32 Å². The van der Waals surface area contributed by atoms with Gasteiger partial charge in [-0.25, -0.2) is 13.8 Å². The van der Waals surface area contributed by atoms with E-state index in [9.17, 15) is 13.6 Å². The topological polar surface area (TPSA) is 42.0 Å². The van der Waals surface area contributed by atoms with Crippen LogP contribution in [0.15, 0.2) is 46.3 Å². The third kappa shape index (κ3) is 3.63. The summed E-state index contributed by atoms with van der Waals surface area (Å²) in [4.78, 5) is 16.4. The minimum Gasteiger partial charge on any atom is -0.298 e. The number of anilines is 1. The van der Waals surface area contributed by atoms with Crippen LogP contribution in [0.4, 0.5) is 13.9 Å². The highest BCUT2D eigenvalue weighted by Gasteiger charge is 2.15. The molecule has 3 rings (SSSR count). The molecule has 0 aliphatic carbocycles. The van der Waals surface area contributed by atoms with Crippen molar-refractivity contribution < 1.29 is 13.6 Å². The average Bonchev–Trinajstić information content (AvgIpc) is 3.00. The Morgan fingerprint density at radius 2 is 2.00 bits per heavy atom. The van der Waals surface area contributed by atoms with Gasteiger partial charge >= 0.3 is 0 Å². The van der Waals surface area contributed by atoms with Crippen LogP contribution < -0.4 is 5.32 Å². The molecule has 24 heavy (non-hydrogen) atoms. The predicted octanol–water partition coefficient (Wildman–Crippen LogP) is 5.76. The molecule has 1 amide bonds. The standard InChI is InChI=1S/C16H8BrClF2N2OS/c17-8-1-3-12(18)10(5-8)15(23)22-16-21-14(7-24-16)11-6-9(19)2-4-13(11)20/h1-7H,(H,21,22,23). The Hall–Kier alpha value is -1.83. The largest absolute Gasteiger partial charge is 0.298 e. The van der Waals surface area contributed by atoms with Crippen LogP contribution in [0.5, 0.6) is 0 Å². The third-order valence-electron chi connectivity index (χ3n) is 3.10. The smallest absolute Gasteiger partial charge is 0.258 e. The summed E-state index contributed by atoms with van der Waals surface area (Å²) in [5.74, 6) is -1.59. The van der Waals surface area contributed by atoms with Crippen molar-refractivity contribution in [3.63, 3.8) is 0 Å². The molecule has 3 nitrogen and oxygen atoms in total. The van der Waals surface area contributed by atoms with Gasteiger partial charge < -0.3 is 0 Å². The molecule has 1 aromatic heterocycles. The van der Waals surface area contributed by atoms with E-state index in [0.29, 0.717) is 9.50 Å². The summed E-state index contributed by atoms with van der Waals surface area (Å²) in [6.07, 6.45) is 0. The van der Waals surface area contributed by atoms with Crippen molar-refractivity contribution in [2.24, 2.45) is 0 Å². The lowest BCUT2D eigenvalue weighted by molar-refractivity contribution is 0.102. The molecule has 0 aliphatic heterocycles. The number of carbonyl (C=O) groups is 1. The molecule has 0 atom stereocenters. The normalized spacial score (nSPS) is 10.7. The summed E-state index contributed by atoms with van der Waals surface area (Å²) >= 11 is 10.4. The summed E-state index contributed by atoms with van der Waals surface area (Å²) in [7, 11) is 0. The predicted molar refractivity (Wildman–Crippen MR) is 94.6 cm³/mol. The van der Waals surface area contributed by atoms with Crippen molar-refractivity contribution in [2.45, 2.75) is 0 Å². The first-order valence-electron chi connectivity index (χ1n) is 6.61. The fourth-order valence-electron chi connectivity index (χ4n) is 1.98. The van der Waals surface area contributed by atoms with E-state index < -0.39 is 17.5 Å². The van der Waals surface area contributed by atoms with Gasteiger partial charge in [-0.15, -0.1) is 11.3 Å². The van der Waals surface area contributed by atoms with Crippen LogP contribution in [0, 0.1) is 11.6 Å². The summed E-state index contributed by atoms with van der Waals surface area (Å²) < 4.78 is 27.8. The van der Waals surface area contributed by atoms with E-state index in [-0.39, 0.29) is 22.0 Å². The van der Waals surface area contributed by atoms with Gasteiger partial charge in [0.1, 0.15) is 11.6 Å². The summed E-state index contributed by atoms with van der Waals surface area (Å²) in [5.41, 5.74) is 0.555. The Morgan fingerprint density at radius 1 is 1.21 bits per heavy atom. The minimum absolute atomic E-state index is 0.0345. The van der Waals surface area contributed by atoms with Crippen LogP contribution >= 0.6 is 38.9 Å². The molecule has 0 aliphatic rings. The zero-order valence-corrected chi connectivity index (χ0v) is 15.0. The zero-order valence-electron chi connectivity index (χ0n) is 11.8. The van der Waals surface area contributed by atoms with Crippen molar-refractivity contribution in [1.82, 2.24) is 4.98 Å². The van der Waals surface area contributed by atoms with E-state index in [0.717, 1.165) is 29.5 Å². The maximum absolute atomic E-state index is 13.8. The number of nitrogens with one attached hydrogen (secondary N) is 1. The zero-order chi connectivity index (χ0) is 17.3. The molecule has 0 saturated carbocycles. The number of benzene rings is 2. The number of carbonyl (C=O) groups excluding carboxylic acids is 1. The van der Waals surface area contributed by atoms with Crippen molar-refractivity contribution in [3.8, 4) is 11.3 Å². The second-order valence-electron chi connectivity index (χ2n) is 4.74. The van der Waals surface area contributed by atoms with E-state index >= 15 is 0 Å². The Balaban J connectivity index is 1.85. The number of halogens is 4. The molecular formula is C16H8BrClF2N2OS. The summed E-state index contributed by atoms with van der Waals surface area (Å²) in [6, 6.07) is 8.01. The monoisotopic (exact) mass is 428 g/mol. The average molecular weight is 430 g/mol. The van der Waals surface area contributed by atoms with Gasteiger partial charge in [0.05, 0.1) is 16.3 Å². The molecule has 0 bridgehead atoms. The van der Waals surface area contributed by atoms with Crippen LogP contribution in [-0.4, -0.2) is 10.9 Å². The number of amides is 1. The summed E-state index contributed by atoms with van der Waals surface area (Å²) in [5, 5.41) is 4.69. The molecule has 0 saturated heterocycles. The first-order valence-corrected chi connectivity index (χ1v) is 8.66. The maximum atomic E-state index is 13.8. The van der Waals surface area contributed by atoms with Crippen molar-refractivity contribution in [3.05, 3.63) is 68.5 Å². The first kappa shape index (κ1) is 17.0. The van der Waals surface area contributed by atoms with Gasteiger partial charge in [-0.2, -0.15) is 0 Å². The van der Waals surface area contributed by atoms with Gasteiger partial charge in [-0.1, -0.05) is 27.5 Å². The van der Waals surface area contributed by atoms with Crippen molar-refractivity contribution in [1.29, 1.82) is 0 Å². The van der Waals surface area contributed by atoms with Crippen LogP contribution in [0.2, 0.25) is 5.02 Å². The Kier molecular flexibility index (Phi) is 4.93. The lowest BCUT2D eigenvalue weighted by Gasteiger charge is -2.04. The lowest BCUT2D eigenvalue weighted by atomic mass is 10.1. The molecule has 8 heteroatoms. The van der Waals surface area contributed by atoms with Gasteiger partial charge in [0.15, 0.2) is 5.13 Å².